The Hall–Kier alpha value is -1.76. The summed E-state index contributed by atoms with van der Waals surface area (Å²) in [6.45, 7) is 15.6. The van der Waals surface area contributed by atoms with Crippen molar-refractivity contribution in [1.82, 2.24) is 4.98 Å². The average Bonchev–Trinajstić information content (AvgIpc) is 2.83. The minimum Gasteiger partial charge on any atom is -0.462 e. The molecule has 2 aliphatic heterocycles. The average molecular weight is 488 g/mol. The van der Waals surface area contributed by atoms with Crippen LogP contribution in [-0.4, -0.2) is 49.1 Å². The Balaban J connectivity index is 0.000000623. The number of aliphatic hydroxyl groups excluding tert-OH is 1. The summed E-state index contributed by atoms with van der Waals surface area (Å²) in [4.78, 5) is 18.3. The molecule has 0 aromatic carbocycles. The van der Waals surface area contributed by atoms with Gasteiger partial charge in [0.1, 0.15) is 0 Å². The molecule has 3 aliphatic rings. The van der Waals surface area contributed by atoms with Crippen molar-refractivity contribution in [2.24, 2.45) is 11.3 Å². The van der Waals surface area contributed by atoms with E-state index < -0.39 is 6.10 Å². The summed E-state index contributed by atoms with van der Waals surface area (Å²) in [7, 11) is 0. The summed E-state index contributed by atoms with van der Waals surface area (Å²) >= 11 is 0. The van der Waals surface area contributed by atoms with E-state index in [1.165, 1.54) is 6.42 Å². The van der Waals surface area contributed by atoms with Crippen LogP contribution in [0.5, 0.6) is 0 Å². The smallest absolute Gasteiger partial charge is 0.340 e. The number of ether oxygens (including phenoxy) is 3. The van der Waals surface area contributed by atoms with Crippen LogP contribution in [0.15, 0.2) is 6.08 Å². The van der Waals surface area contributed by atoms with Gasteiger partial charge in [0.05, 0.1) is 37.2 Å². The molecule has 0 spiro atoms. The molecule has 0 amide bonds. The van der Waals surface area contributed by atoms with Gasteiger partial charge in [-0.15, -0.1) is 0 Å². The molecule has 1 saturated heterocycles. The highest BCUT2D eigenvalue weighted by Gasteiger charge is 2.39. The lowest BCUT2D eigenvalue weighted by Crippen LogP contribution is -2.31. The Morgan fingerprint density at radius 2 is 1.89 bits per heavy atom. The third-order valence-corrected chi connectivity index (χ3v) is 7.26. The number of nitrogens with zero attached hydrogens (tertiary/aromatic N) is 1. The zero-order chi connectivity index (χ0) is 25.6. The van der Waals surface area contributed by atoms with Crippen molar-refractivity contribution >= 4 is 11.5 Å². The number of hydrogen-bond acceptors (Lipinski definition) is 6. The van der Waals surface area contributed by atoms with Gasteiger partial charge in [-0.2, -0.15) is 0 Å². The molecule has 35 heavy (non-hydrogen) atoms. The van der Waals surface area contributed by atoms with E-state index in [2.05, 4.69) is 34.6 Å². The highest BCUT2D eigenvalue weighted by Crippen LogP contribution is 2.46. The first kappa shape index (κ1) is 27.8. The molecule has 1 fully saturated rings. The van der Waals surface area contributed by atoms with Crippen LogP contribution in [0.3, 0.4) is 0 Å². The third kappa shape index (κ3) is 6.93. The van der Waals surface area contributed by atoms with Crippen molar-refractivity contribution in [3.8, 4) is 0 Å². The highest BCUT2D eigenvalue weighted by atomic mass is 16.5. The van der Waals surface area contributed by atoms with Crippen molar-refractivity contribution in [2.75, 3.05) is 33.0 Å². The molecular weight excluding hydrogens is 442 g/mol. The van der Waals surface area contributed by atoms with Crippen molar-refractivity contribution in [2.45, 2.75) is 92.1 Å². The lowest BCUT2D eigenvalue weighted by molar-refractivity contribution is 0.0515. The second-order valence-corrected chi connectivity index (χ2v) is 11.1. The minimum absolute atomic E-state index is 0.0425. The standard InChI is InChI=1S/C24H33NO5.C5H12/c1-4-30-23(27)21-19(15-5-9-28-10-6-15)20-17(13-24(2,3)14-18(20)26)25-22(21)16-7-11-29-12-8-16;1-4-5(2)3/h5,16,18,26H,4,6-14H2,1-3H3;5H,4H2,1-3H3. The van der Waals surface area contributed by atoms with Gasteiger partial charge in [0, 0.05) is 36.0 Å². The zero-order valence-electron chi connectivity index (χ0n) is 22.6. The van der Waals surface area contributed by atoms with E-state index in [9.17, 15) is 9.90 Å². The molecule has 1 aromatic rings. The van der Waals surface area contributed by atoms with Crippen LogP contribution < -0.4 is 0 Å². The number of fused-ring (bicyclic) bond motifs is 1. The van der Waals surface area contributed by atoms with Crippen LogP contribution in [0.2, 0.25) is 0 Å². The maximum atomic E-state index is 13.3. The number of rotatable bonds is 5. The molecule has 0 saturated carbocycles. The second-order valence-electron chi connectivity index (χ2n) is 11.1. The fraction of sp³-hybridized carbons (Fsp3) is 0.724. The summed E-state index contributed by atoms with van der Waals surface area (Å²) in [6, 6.07) is 0. The molecule has 3 heterocycles. The molecule has 0 radical (unpaired) electrons. The monoisotopic (exact) mass is 487 g/mol. The van der Waals surface area contributed by atoms with Gasteiger partial charge in [-0.25, -0.2) is 4.79 Å². The quantitative estimate of drug-likeness (QED) is 0.512. The number of hydrogen-bond donors (Lipinski definition) is 1. The predicted octanol–water partition coefficient (Wildman–Crippen LogP) is 6.01. The lowest BCUT2D eigenvalue weighted by Gasteiger charge is -2.37. The molecule has 1 N–H and O–H groups in total. The maximum Gasteiger partial charge on any atom is 0.340 e. The molecule has 1 atom stereocenters. The summed E-state index contributed by atoms with van der Waals surface area (Å²) in [6.07, 6.45) is 6.53. The minimum atomic E-state index is -0.646. The number of aromatic nitrogens is 1. The molecule has 6 nitrogen and oxygen atoms in total. The fourth-order valence-electron chi connectivity index (χ4n) is 5.08. The van der Waals surface area contributed by atoms with Gasteiger partial charge in [0.15, 0.2) is 0 Å². The van der Waals surface area contributed by atoms with E-state index in [1.54, 1.807) is 0 Å². The van der Waals surface area contributed by atoms with Crippen LogP contribution in [0, 0.1) is 11.3 Å². The molecule has 196 valence electrons. The molecule has 4 rings (SSSR count). The number of pyridine rings is 1. The van der Waals surface area contributed by atoms with Crippen molar-refractivity contribution < 1.29 is 24.1 Å². The lowest BCUT2D eigenvalue weighted by atomic mass is 9.71. The van der Waals surface area contributed by atoms with Crippen LogP contribution in [-0.2, 0) is 20.6 Å². The van der Waals surface area contributed by atoms with E-state index in [0.717, 1.165) is 53.3 Å². The fourth-order valence-corrected chi connectivity index (χ4v) is 5.08. The first-order valence-corrected chi connectivity index (χ1v) is 13.4. The van der Waals surface area contributed by atoms with Gasteiger partial charge >= 0.3 is 5.97 Å². The number of esters is 1. The van der Waals surface area contributed by atoms with Crippen LogP contribution in [0.25, 0.3) is 5.57 Å². The van der Waals surface area contributed by atoms with Crippen molar-refractivity contribution in [3.05, 3.63) is 34.2 Å². The van der Waals surface area contributed by atoms with Crippen LogP contribution in [0.1, 0.15) is 119 Å². The number of carbonyl (C=O) groups is 1. The van der Waals surface area contributed by atoms with E-state index in [1.807, 2.05) is 13.0 Å². The van der Waals surface area contributed by atoms with E-state index in [0.29, 0.717) is 51.4 Å². The van der Waals surface area contributed by atoms with Crippen LogP contribution >= 0.6 is 0 Å². The van der Waals surface area contributed by atoms with Gasteiger partial charge in [-0.1, -0.05) is 47.1 Å². The Bertz CT molecular complexity index is 899. The third-order valence-electron chi connectivity index (χ3n) is 7.26. The molecule has 1 unspecified atom stereocenters. The Morgan fingerprint density at radius 1 is 1.20 bits per heavy atom. The highest BCUT2D eigenvalue weighted by molar-refractivity contribution is 5.98. The zero-order valence-corrected chi connectivity index (χ0v) is 22.6. The largest absolute Gasteiger partial charge is 0.462 e. The molecular formula is C29H45NO5. The maximum absolute atomic E-state index is 13.3. The second kappa shape index (κ2) is 12.5. The van der Waals surface area contributed by atoms with E-state index in [-0.39, 0.29) is 17.3 Å². The Labute approximate surface area is 211 Å². The topological polar surface area (TPSA) is 77.9 Å². The molecule has 0 bridgehead atoms. The van der Waals surface area contributed by atoms with Gasteiger partial charge in [0.25, 0.3) is 0 Å². The van der Waals surface area contributed by atoms with Crippen LogP contribution in [0.4, 0.5) is 0 Å². The van der Waals surface area contributed by atoms with Crippen molar-refractivity contribution in [1.29, 1.82) is 0 Å². The number of aliphatic hydroxyl groups is 1. The van der Waals surface area contributed by atoms with E-state index in [4.69, 9.17) is 19.2 Å². The van der Waals surface area contributed by atoms with Gasteiger partial charge in [-0.3, -0.25) is 4.98 Å². The Morgan fingerprint density at radius 3 is 2.46 bits per heavy atom. The first-order valence-electron chi connectivity index (χ1n) is 13.4. The Kier molecular flexibility index (Phi) is 9.91. The van der Waals surface area contributed by atoms with Gasteiger partial charge < -0.3 is 19.3 Å². The van der Waals surface area contributed by atoms with E-state index >= 15 is 0 Å². The summed E-state index contributed by atoms with van der Waals surface area (Å²) in [5.74, 6) is 0.702. The molecule has 1 aromatic heterocycles. The summed E-state index contributed by atoms with van der Waals surface area (Å²) in [5, 5.41) is 11.2. The van der Waals surface area contributed by atoms with Gasteiger partial charge in [0.2, 0.25) is 0 Å². The SMILES string of the molecule is CCC(C)C.CCOC(=O)c1c(C2CCOCC2)nc2c(c1C1=CCOCC1)C(O)CC(C)(C)C2. The predicted molar refractivity (Wildman–Crippen MR) is 139 cm³/mol. The van der Waals surface area contributed by atoms with Crippen molar-refractivity contribution in [3.63, 3.8) is 0 Å². The molecule has 1 aliphatic carbocycles. The number of carbonyl (C=O) groups excluding carboxylic acids is 1. The van der Waals surface area contributed by atoms with Gasteiger partial charge in [-0.05, 0) is 55.9 Å². The first-order chi connectivity index (χ1) is 16.7. The normalized spacial score (nSPS) is 22.1. The summed E-state index contributed by atoms with van der Waals surface area (Å²) in [5.41, 5.74) is 4.99. The molecule has 6 heteroatoms. The summed E-state index contributed by atoms with van der Waals surface area (Å²) < 4.78 is 16.6.